The summed E-state index contributed by atoms with van der Waals surface area (Å²) in [7, 11) is 0. The molecular formula is C80H79ClO. The van der Waals surface area contributed by atoms with Crippen LogP contribution in [0.3, 0.4) is 0 Å². The van der Waals surface area contributed by atoms with Gasteiger partial charge in [0.15, 0.2) is 0 Å². The fraction of sp³-hybridized carbons (Fsp3) is 0.325. The first-order valence-corrected chi connectivity index (χ1v) is 31.8. The molecule has 0 amide bonds. The number of fused-ring (bicyclic) bond motifs is 18. The van der Waals surface area contributed by atoms with Crippen molar-refractivity contribution in [3.63, 3.8) is 0 Å². The topological polar surface area (TPSA) is 13.1 Å². The normalized spacial score (nSPS) is 15.7. The molecule has 0 saturated carbocycles. The van der Waals surface area contributed by atoms with E-state index in [2.05, 4.69) is 213 Å². The molecular weight excluding hydrogens is 1010 g/mol. The number of hydrogen-bond acceptors (Lipinski definition) is 1. The Morgan fingerprint density at radius 3 is 1.37 bits per heavy atom. The molecule has 2 heteroatoms. The van der Waals surface area contributed by atoms with E-state index in [1.807, 2.05) is 6.07 Å². The van der Waals surface area contributed by atoms with Crippen molar-refractivity contribution in [2.75, 3.05) is 0 Å². The van der Waals surface area contributed by atoms with Crippen molar-refractivity contribution < 1.29 is 4.42 Å². The Hall–Kier alpha value is -6.93. The maximum Gasteiger partial charge on any atom is 0.144 e. The van der Waals surface area contributed by atoms with Gasteiger partial charge in [-0.3, -0.25) is 0 Å². The minimum atomic E-state index is -0.282. The molecule has 0 fully saturated rings. The Kier molecular flexibility index (Phi) is 13.1. The van der Waals surface area contributed by atoms with Crippen LogP contribution >= 0.6 is 11.6 Å². The van der Waals surface area contributed by atoms with Gasteiger partial charge < -0.3 is 4.42 Å². The summed E-state index contributed by atoms with van der Waals surface area (Å²) in [6.45, 7) is 19.1. The lowest BCUT2D eigenvalue weighted by atomic mass is 9.70. The number of unbranched alkanes of at least 4 members (excludes halogenated alkanes) is 10. The molecule has 0 spiro atoms. The molecule has 4 aliphatic rings. The van der Waals surface area contributed by atoms with Crippen molar-refractivity contribution in [2.24, 2.45) is 0 Å². The van der Waals surface area contributed by atoms with Crippen LogP contribution in [0.25, 0.3) is 99.8 Å². The third-order valence-corrected chi connectivity index (χ3v) is 20.9. The molecule has 4 aliphatic carbocycles. The third-order valence-electron chi connectivity index (χ3n) is 20.7. The van der Waals surface area contributed by atoms with Gasteiger partial charge in [-0.05, 0) is 172 Å². The summed E-state index contributed by atoms with van der Waals surface area (Å²) in [5.41, 5.74) is 31.0. The predicted octanol–water partition coefficient (Wildman–Crippen LogP) is 23.9. The van der Waals surface area contributed by atoms with Crippen LogP contribution in [0.1, 0.15) is 190 Å². The first-order valence-electron chi connectivity index (χ1n) is 31.4. The summed E-state index contributed by atoms with van der Waals surface area (Å²) in [6.07, 6.45) is 18.4. The van der Waals surface area contributed by atoms with Gasteiger partial charge in [-0.2, -0.15) is 0 Å². The zero-order chi connectivity index (χ0) is 56.3. The first-order chi connectivity index (χ1) is 39.8. The van der Waals surface area contributed by atoms with Crippen molar-refractivity contribution in [3.05, 3.63) is 213 Å². The molecule has 0 saturated heterocycles. The van der Waals surface area contributed by atoms with E-state index in [1.54, 1.807) is 11.1 Å². The Labute approximate surface area is 493 Å². The molecule has 0 radical (unpaired) electrons. The SMILES string of the molecule is CCCCCCCCC1(CCCCCCCC)c2ccccc2-c2ccc(-c3ccc4c(c3)C(C)(C)c3cc(-c5ccc(-c6ccc7c(c6)C(C)(C)c6c8c(c9c(oc%10ccccc%109)c6-7)-c6ccc(Cl)cc6C8(C)C)cc5)ccc3-4)cc21. The van der Waals surface area contributed by atoms with Crippen LogP contribution in [0, 0.1) is 0 Å². The van der Waals surface area contributed by atoms with Gasteiger partial charge in [-0.15, -0.1) is 0 Å². The standard InChI is InChI=1S/C80H79ClO/c1-9-11-13-15-17-23-43-80(44-24-18-16-14-12-10-2)64-27-21-19-25-57(64)60-40-35-55(48-69(60)80)54-34-39-59-58-38-33-52(45-65(58)77(3,4)66(59)47-54)50-29-31-51(32-30-50)53-36-41-62-67(46-53)78(5,6)75-73(62)76-72(63-26-20-22-28-70(63)82-76)71-61-42-37-56(81)49-68(61)79(7,8)74(71)75/h19-22,25-42,45-49H,9-18,23-24,43-44H2,1-8H3. The Morgan fingerprint density at radius 1 is 0.354 bits per heavy atom. The van der Waals surface area contributed by atoms with Crippen LogP contribution in [-0.4, -0.2) is 0 Å². The van der Waals surface area contributed by atoms with Crippen molar-refractivity contribution in [3.8, 4) is 77.9 Å². The van der Waals surface area contributed by atoms with Gasteiger partial charge in [0.25, 0.3) is 0 Å². The molecule has 0 unspecified atom stereocenters. The highest BCUT2D eigenvalue weighted by molar-refractivity contribution is 6.31. The van der Waals surface area contributed by atoms with Crippen molar-refractivity contribution in [1.82, 2.24) is 0 Å². The second-order valence-electron chi connectivity index (χ2n) is 26.6. The lowest BCUT2D eigenvalue weighted by Gasteiger charge is -2.33. The van der Waals surface area contributed by atoms with Crippen LogP contribution in [0.2, 0.25) is 5.02 Å². The fourth-order valence-electron chi connectivity index (χ4n) is 16.4. The monoisotopic (exact) mass is 1090 g/mol. The van der Waals surface area contributed by atoms with Crippen LogP contribution in [-0.2, 0) is 21.7 Å². The summed E-state index contributed by atoms with van der Waals surface area (Å²) < 4.78 is 6.97. The van der Waals surface area contributed by atoms with Gasteiger partial charge in [-0.1, -0.05) is 265 Å². The molecule has 82 heavy (non-hydrogen) atoms. The van der Waals surface area contributed by atoms with Crippen molar-refractivity contribution in [1.29, 1.82) is 0 Å². The Balaban J connectivity index is 0.762. The molecule has 1 heterocycles. The van der Waals surface area contributed by atoms with E-state index in [4.69, 9.17) is 16.0 Å². The minimum absolute atomic E-state index is 0.0648. The van der Waals surface area contributed by atoms with Crippen LogP contribution in [0.5, 0.6) is 0 Å². The van der Waals surface area contributed by atoms with Crippen LogP contribution in [0.4, 0.5) is 0 Å². The summed E-state index contributed by atoms with van der Waals surface area (Å²) in [6, 6.07) is 63.1. The second kappa shape index (κ2) is 20.2. The molecule has 0 atom stereocenters. The average Bonchev–Trinajstić information content (AvgIpc) is 1.94. The highest BCUT2D eigenvalue weighted by Crippen LogP contribution is 2.64. The first kappa shape index (κ1) is 53.1. The second-order valence-corrected chi connectivity index (χ2v) is 27.1. The highest BCUT2D eigenvalue weighted by atomic mass is 35.5. The number of benzene rings is 9. The Morgan fingerprint density at radius 2 is 0.768 bits per heavy atom. The lowest BCUT2D eigenvalue weighted by molar-refractivity contribution is 0.398. The van der Waals surface area contributed by atoms with E-state index >= 15 is 0 Å². The van der Waals surface area contributed by atoms with E-state index in [0.717, 1.165) is 16.2 Å². The summed E-state index contributed by atoms with van der Waals surface area (Å²) in [5, 5.41) is 3.16. The largest absolute Gasteiger partial charge is 0.455 e. The predicted molar refractivity (Wildman–Crippen MR) is 350 cm³/mol. The summed E-state index contributed by atoms with van der Waals surface area (Å²) in [5.74, 6) is 0. The van der Waals surface area contributed by atoms with Gasteiger partial charge in [-0.25, -0.2) is 0 Å². The fourth-order valence-corrected chi connectivity index (χ4v) is 16.6. The minimum Gasteiger partial charge on any atom is -0.455 e. The number of hydrogen-bond donors (Lipinski definition) is 0. The van der Waals surface area contributed by atoms with Gasteiger partial charge in [0.1, 0.15) is 11.2 Å². The van der Waals surface area contributed by atoms with E-state index < -0.39 is 0 Å². The van der Waals surface area contributed by atoms with Gasteiger partial charge in [0.05, 0.1) is 0 Å². The lowest BCUT2D eigenvalue weighted by Crippen LogP contribution is -2.25. The maximum absolute atomic E-state index is 6.97. The molecule has 1 aromatic heterocycles. The number of furan rings is 1. The van der Waals surface area contributed by atoms with Gasteiger partial charge in [0, 0.05) is 43.0 Å². The average molecular weight is 1090 g/mol. The zero-order valence-corrected chi connectivity index (χ0v) is 50.5. The van der Waals surface area contributed by atoms with E-state index in [9.17, 15) is 0 Å². The maximum atomic E-state index is 6.97. The molecule has 0 bridgehead atoms. The molecule has 10 aromatic rings. The molecule has 412 valence electrons. The third kappa shape index (κ3) is 8.13. The van der Waals surface area contributed by atoms with Crippen LogP contribution < -0.4 is 0 Å². The van der Waals surface area contributed by atoms with Crippen LogP contribution in [0.15, 0.2) is 168 Å². The summed E-state index contributed by atoms with van der Waals surface area (Å²) in [4.78, 5) is 0. The molecule has 0 N–H and O–H groups in total. The van der Waals surface area contributed by atoms with E-state index in [-0.39, 0.29) is 21.7 Å². The van der Waals surface area contributed by atoms with E-state index in [0.29, 0.717) is 0 Å². The van der Waals surface area contributed by atoms with Gasteiger partial charge in [0.2, 0.25) is 0 Å². The Bertz CT molecular complexity index is 4160. The van der Waals surface area contributed by atoms with Crippen molar-refractivity contribution in [2.45, 2.75) is 167 Å². The zero-order valence-electron chi connectivity index (χ0n) is 49.8. The van der Waals surface area contributed by atoms with Crippen molar-refractivity contribution >= 4 is 33.5 Å². The molecule has 9 aromatic carbocycles. The van der Waals surface area contributed by atoms with E-state index in [1.165, 1.54) is 212 Å². The number of para-hydroxylation sites is 1. The number of rotatable bonds is 17. The molecule has 0 aliphatic heterocycles. The smallest absolute Gasteiger partial charge is 0.144 e. The highest BCUT2D eigenvalue weighted by Gasteiger charge is 2.49. The summed E-state index contributed by atoms with van der Waals surface area (Å²) >= 11 is 6.77. The molecule has 1 nitrogen and oxygen atoms in total. The quantitative estimate of drug-likeness (QED) is 0.0829. The number of halogens is 1. The van der Waals surface area contributed by atoms with Gasteiger partial charge >= 0.3 is 0 Å². The molecule has 14 rings (SSSR count).